The van der Waals surface area contributed by atoms with Gasteiger partial charge in [-0.15, -0.1) is 0 Å². The van der Waals surface area contributed by atoms with E-state index in [1.54, 1.807) is 0 Å². The lowest BCUT2D eigenvalue weighted by Crippen LogP contribution is -2.13. The van der Waals surface area contributed by atoms with Crippen molar-refractivity contribution in [1.29, 1.82) is 0 Å². The minimum absolute atomic E-state index is 0.0687. The molecule has 0 heterocycles. The van der Waals surface area contributed by atoms with Gasteiger partial charge in [0, 0.05) is 12.2 Å². The minimum Gasteiger partial charge on any atom is -0.497 e. The van der Waals surface area contributed by atoms with Crippen LogP contribution >= 0.6 is 0 Å². The average Bonchev–Trinajstić information content (AvgIpc) is 2.47. The van der Waals surface area contributed by atoms with Gasteiger partial charge in [-0.3, -0.25) is 0 Å². The van der Waals surface area contributed by atoms with Crippen molar-refractivity contribution in [2.24, 2.45) is 0 Å². The van der Waals surface area contributed by atoms with Gasteiger partial charge in [0.2, 0.25) is 0 Å². The average molecular weight is 295 g/mol. The summed E-state index contributed by atoms with van der Waals surface area (Å²) in [5, 5.41) is 2.84. The summed E-state index contributed by atoms with van der Waals surface area (Å²) in [7, 11) is 1.35. The molecule has 2 rings (SSSR count). The predicted octanol–water partition coefficient (Wildman–Crippen LogP) is 4.37. The van der Waals surface area contributed by atoms with Gasteiger partial charge in [0.05, 0.1) is 12.7 Å². The Hall–Kier alpha value is -2.17. The molecule has 0 atom stereocenters. The highest BCUT2D eigenvalue weighted by Crippen LogP contribution is 2.37. The van der Waals surface area contributed by atoms with Crippen LogP contribution in [0.2, 0.25) is 0 Å². The van der Waals surface area contributed by atoms with E-state index in [4.69, 9.17) is 4.74 Å². The lowest BCUT2D eigenvalue weighted by molar-refractivity contribution is -0.137. The molecule has 0 radical (unpaired) electrons. The fourth-order valence-electron chi connectivity index (χ4n) is 2.03. The zero-order chi connectivity index (χ0) is 15.3. The summed E-state index contributed by atoms with van der Waals surface area (Å²) in [5.74, 6) is 0.191. The maximum absolute atomic E-state index is 13.0. The summed E-state index contributed by atoms with van der Waals surface area (Å²) in [6, 6.07) is 13.5. The highest BCUT2D eigenvalue weighted by atomic mass is 19.4. The zero-order valence-corrected chi connectivity index (χ0v) is 11.6. The van der Waals surface area contributed by atoms with Crippen LogP contribution < -0.4 is 10.1 Å². The molecule has 0 amide bonds. The van der Waals surface area contributed by atoms with E-state index in [2.05, 4.69) is 5.32 Å². The van der Waals surface area contributed by atoms with Crippen molar-refractivity contribution in [3.63, 3.8) is 0 Å². The van der Waals surface area contributed by atoms with Crippen molar-refractivity contribution >= 4 is 5.69 Å². The Morgan fingerprint density at radius 3 is 2.38 bits per heavy atom. The molecule has 5 heteroatoms. The second-order valence-electron chi connectivity index (χ2n) is 4.57. The Morgan fingerprint density at radius 2 is 1.76 bits per heavy atom. The number of alkyl halides is 3. The van der Waals surface area contributed by atoms with E-state index in [1.807, 2.05) is 30.3 Å². The lowest BCUT2D eigenvalue weighted by atomic mass is 10.1. The Morgan fingerprint density at radius 1 is 1.05 bits per heavy atom. The quantitative estimate of drug-likeness (QED) is 0.884. The van der Waals surface area contributed by atoms with Crippen molar-refractivity contribution in [2.45, 2.75) is 12.6 Å². The first kappa shape index (κ1) is 15.2. The molecule has 2 aromatic carbocycles. The van der Waals surface area contributed by atoms with E-state index in [1.165, 1.54) is 19.2 Å². The van der Waals surface area contributed by atoms with Gasteiger partial charge >= 0.3 is 6.18 Å². The summed E-state index contributed by atoms with van der Waals surface area (Å²) in [6.45, 7) is 0.430. The van der Waals surface area contributed by atoms with Crippen LogP contribution in [0.3, 0.4) is 0 Å². The smallest absolute Gasteiger partial charge is 0.418 e. The lowest BCUT2D eigenvalue weighted by Gasteiger charge is -2.15. The molecule has 2 nitrogen and oxygen atoms in total. The summed E-state index contributed by atoms with van der Waals surface area (Å²) in [5.41, 5.74) is 0.432. The summed E-state index contributed by atoms with van der Waals surface area (Å²) in [4.78, 5) is 0. The molecule has 0 bridgehead atoms. The number of hydrogen-bond donors (Lipinski definition) is 1. The first-order chi connectivity index (χ1) is 10.0. The SMILES string of the molecule is COc1ccc(NCCc2ccccc2)c(C(F)(F)F)c1. The molecular weight excluding hydrogens is 279 g/mol. The standard InChI is InChI=1S/C16H16F3NO/c1-21-13-7-8-15(14(11-13)16(17,18)19)20-10-9-12-5-3-2-4-6-12/h2-8,11,20H,9-10H2,1H3. The number of methoxy groups -OCH3 is 1. The van der Waals surface area contributed by atoms with Gasteiger partial charge in [-0.05, 0) is 30.2 Å². The van der Waals surface area contributed by atoms with Crippen LogP contribution in [-0.4, -0.2) is 13.7 Å². The Bertz CT molecular complexity index is 582. The van der Waals surface area contributed by atoms with E-state index < -0.39 is 11.7 Å². The van der Waals surface area contributed by atoms with Crippen molar-refractivity contribution < 1.29 is 17.9 Å². The topological polar surface area (TPSA) is 21.3 Å². The number of halogens is 3. The third-order valence-corrected chi connectivity index (χ3v) is 3.10. The summed E-state index contributed by atoms with van der Waals surface area (Å²) < 4.78 is 43.9. The summed E-state index contributed by atoms with van der Waals surface area (Å²) in [6.07, 6.45) is -3.76. The van der Waals surface area contributed by atoms with Gasteiger partial charge in [0.25, 0.3) is 0 Å². The summed E-state index contributed by atoms with van der Waals surface area (Å²) >= 11 is 0. The zero-order valence-electron chi connectivity index (χ0n) is 11.6. The molecule has 21 heavy (non-hydrogen) atoms. The van der Waals surface area contributed by atoms with E-state index in [0.717, 1.165) is 11.6 Å². The van der Waals surface area contributed by atoms with E-state index in [9.17, 15) is 13.2 Å². The van der Waals surface area contributed by atoms with Crippen molar-refractivity contribution in [3.8, 4) is 5.75 Å². The van der Waals surface area contributed by atoms with Crippen LogP contribution in [0.5, 0.6) is 5.75 Å². The highest BCUT2D eigenvalue weighted by molar-refractivity contribution is 5.55. The molecule has 0 aliphatic rings. The third kappa shape index (κ3) is 4.15. The van der Waals surface area contributed by atoms with Gasteiger partial charge in [0.15, 0.2) is 0 Å². The first-order valence-electron chi connectivity index (χ1n) is 6.54. The molecule has 0 saturated carbocycles. The molecule has 0 aliphatic carbocycles. The van der Waals surface area contributed by atoms with E-state index in [0.29, 0.717) is 13.0 Å². The van der Waals surface area contributed by atoms with Crippen molar-refractivity contribution in [2.75, 3.05) is 19.0 Å². The number of nitrogens with one attached hydrogen (secondary N) is 1. The van der Waals surface area contributed by atoms with Gasteiger partial charge in [-0.1, -0.05) is 30.3 Å². The van der Waals surface area contributed by atoms with Crippen LogP contribution in [0.4, 0.5) is 18.9 Å². The Balaban J connectivity index is 2.09. The molecule has 2 aromatic rings. The third-order valence-electron chi connectivity index (χ3n) is 3.10. The number of rotatable bonds is 5. The van der Waals surface area contributed by atoms with Crippen LogP contribution in [0, 0.1) is 0 Å². The van der Waals surface area contributed by atoms with Crippen LogP contribution in [0.25, 0.3) is 0 Å². The van der Waals surface area contributed by atoms with Gasteiger partial charge < -0.3 is 10.1 Å². The Kier molecular flexibility index (Phi) is 4.73. The molecule has 0 unspecified atom stereocenters. The molecule has 0 saturated heterocycles. The normalized spacial score (nSPS) is 11.2. The maximum Gasteiger partial charge on any atom is 0.418 e. The van der Waals surface area contributed by atoms with E-state index in [-0.39, 0.29) is 11.4 Å². The van der Waals surface area contributed by atoms with Crippen LogP contribution in [-0.2, 0) is 12.6 Å². The van der Waals surface area contributed by atoms with Gasteiger partial charge in [-0.2, -0.15) is 13.2 Å². The first-order valence-corrected chi connectivity index (χ1v) is 6.54. The molecule has 0 spiro atoms. The fraction of sp³-hybridized carbons (Fsp3) is 0.250. The number of ether oxygens (including phenoxy) is 1. The van der Waals surface area contributed by atoms with Gasteiger partial charge in [-0.25, -0.2) is 0 Å². The second-order valence-corrected chi connectivity index (χ2v) is 4.57. The van der Waals surface area contributed by atoms with Crippen molar-refractivity contribution in [3.05, 3.63) is 59.7 Å². The predicted molar refractivity (Wildman–Crippen MR) is 76.6 cm³/mol. The highest BCUT2D eigenvalue weighted by Gasteiger charge is 2.33. The second kappa shape index (κ2) is 6.52. The molecule has 0 aromatic heterocycles. The van der Waals surface area contributed by atoms with Crippen LogP contribution in [0.1, 0.15) is 11.1 Å². The minimum atomic E-state index is -4.41. The molecule has 0 aliphatic heterocycles. The number of benzene rings is 2. The van der Waals surface area contributed by atoms with E-state index >= 15 is 0 Å². The number of anilines is 1. The van der Waals surface area contributed by atoms with Crippen LogP contribution in [0.15, 0.2) is 48.5 Å². The molecule has 112 valence electrons. The maximum atomic E-state index is 13.0. The fourth-order valence-corrected chi connectivity index (χ4v) is 2.03. The van der Waals surface area contributed by atoms with Crippen molar-refractivity contribution in [1.82, 2.24) is 0 Å². The monoisotopic (exact) mass is 295 g/mol. The molecule has 0 fully saturated rings. The largest absolute Gasteiger partial charge is 0.497 e. The Labute approximate surface area is 121 Å². The molecule has 1 N–H and O–H groups in total. The number of hydrogen-bond acceptors (Lipinski definition) is 2. The molecular formula is C16H16F3NO. The van der Waals surface area contributed by atoms with Gasteiger partial charge in [0.1, 0.15) is 5.75 Å².